The van der Waals surface area contributed by atoms with Crippen LogP contribution in [0.25, 0.3) is 0 Å². The summed E-state index contributed by atoms with van der Waals surface area (Å²) in [5.74, 6) is -0.626. The van der Waals surface area contributed by atoms with Crippen LogP contribution in [0.15, 0.2) is 53.4 Å². The van der Waals surface area contributed by atoms with Crippen LogP contribution in [0.3, 0.4) is 0 Å². The van der Waals surface area contributed by atoms with E-state index in [-0.39, 0.29) is 22.7 Å². The summed E-state index contributed by atoms with van der Waals surface area (Å²) in [5.41, 5.74) is 1.15. The summed E-state index contributed by atoms with van der Waals surface area (Å²) in [7, 11) is 0.185. The molecule has 0 spiro atoms. The number of hydrogen-bond donors (Lipinski definition) is 1. The van der Waals surface area contributed by atoms with Gasteiger partial charge in [-0.05, 0) is 68.9 Å². The first-order chi connectivity index (χ1) is 14.8. The lowest BCUT2D eigenvalue weighted by molar-refractivity contribution is 0.0942. The number of carbonyl (C=O) groups is 1. The molecule has 0 bridgehead atoms. The van der Waals surface area contributed by atoms with Gasteiger partial charge in [-0.25, -0.2) is 12.8 Å². The Balaban J connectivity index is 1.67. The lowest BCUT2D eigenvalue weighted by atomic mass is 10.1. The highest BCUT2D eigenvalue weighted by Gasteiger charge is 2.25. The van der Waals surface area contributed by atoms with E-state index in [0.29, 0.717) is 25.2 Å². The van der Waals surface area contributed by atoms with Crippen molar-refractivity contribution in [3.63, 3.8) is 0 Å². The number of likely N-dealkylation sites (N-methyl/N-ethyl adjacent to an activating group) is 1. The van der Waals surface area contributed by atoms with E-state index in [1.54, 1.807) is 6.07 Å². The Hall–Kier alpha value is -2.29. The van der Waals surface area contributed by atoms with Crippen molar-refractivity contribution < 1.29 is 17.6 Å². The Morgan fingerprint density at radius 2 is 1.71 bits per heavy atom. The molecule has 2 aromatic rings. The van der Waals surface area contributed by atoms with Gasteiger partial charge in [0.2, 0.25) is 10.0 Å². The summed E-state index contributed by atoms with van der Waals surface area (Å²) in [4.78, 5) is 14.7. The van der Waals surface area contributed by atoms with Gasteiger partial charge in [0.05, 0.1) is 10.9 Å². The third-order valence-electron chi connectivity index (χ3n) is 5.63. The monoisotopic (exact) mass is 447 g/mol. The van der Waals surface area contributed by atoms with Crippen LogP contribution in [0.1, 0.15) is 47.6 Å². The van der Waals surface area contributed by atoms with E-state index in [1.165, 1.54) is 40.7 Å². The van der Waals surface area contributed by atoms with Gasteiger partial charge in [-0.3, -0.25) is 4.79 Å². The molecule has 1 fully saturated rings. The van der Waals surface area contributed by atoms with Crippen LogP contribution < -0.4 is 5.32 Å². The molecule has 31 heavy (non-hydrogen) atoms. The van der Waals surface area contributed by atoms with Gasteiger partial charge in [-0.15, -0.1) is 0 Å². The van der Waals surface area contributed by atoms with Crippen LogP contribution in [0.2, 0.25) is 0 Å². The van der Waals surface area contributed by atoms with Crippen LogP contribution in [0.4, 0.5) is 4.39 Å². The first-order valence-electron chi connectivity index (χ1n) is 10.6. The Morgan fingerprint density at radius 3 is 2.29 bits per heavy atom. The first-order valence-corrected chi connectivity index (χ1v) is 12.0. The fraction of sp³-hybridized carbons (Fsp3) is 0.435. The van der Waals surface area contributed by atoms with E-state index in [4.69, 9.17) is 0 Å². The molecule has 168 valence electrons. The second-order valence-corrected chi connectivity index (χ2v) is 10.0. The molecule has 0 saturated carbocycles. The average molecular weight is 448 g/mol. The van der Waals surface area contributed by atoms with E-state index < -0.39 is 10.0 Å². The minimum absolute atomic E-state index is 0.192. The lowest BCUT2D eigenvalue weighted by Crippen LogP contribution is -2.34. The van der Waals surface area contributed by atoms with Crippen LogP contribution in [0, 0.1) is 5.82 Å². The van der Waals surface area contributed by atoms with E-state index in [0.717, 1.165) is 31.2 Å². The van der Waals surface area contributed by atoms with Crippen molar-refractivity contribution in [2.45, 2.75) is 36.6 Å². The van der Waals surface area contributed by atoms with Crippen molar-refractivity contribution >= 4 is 15.9 Å². The molecule has 1 N–H and O–H groups in total. The molecule has 0 aromatic heterocycles. The number of rotatable bonds is 7. The van der Waals surface area contributed by atoms with Crippen LogP contribution in [-0.4, -0.2) is 57.3 Å². The molecule has 6 nitrogen and oxygen atoms in total. The lowest BCUT2D eigenvalue weighted by Gasteiger charge is -2.25. The van der Waals surface area contributed by atoms with Gasteiger partial charge < -0.3 is 10.2 Å². The molecule has 3 rings (SSSR count). The Labute approximate surface area is 184 Å². The number of benzene rings is 2. The number of sulfonamides is 1. The van der Waals surface area contributed by atoms with Gasteiger partial charge in [0.15, 0.2) is 0 Å². The number of amides is 1. The maximum atomic E-state index is 13.6. The normalized spacial score (nSPS) is 16.6. The van der Waals surface area contributed by atoms with Gasteiger partial charge in [0.25, 0.3) is 5.91 Å². The fourth-order valence-electron chi connectivity index (χ4n) is 3.81. The summed E-state index contributed by atoms with van der Waals surface area (Å²) in [6, 6.07) is 12.2. The Bertz CT molecular complexity index is 985. The second kappa shape index (κ2) is 10.3. The maximum absolute atomic E-state index is 13.6. The number of nitrogens with zero attached hydrogens (tertiary/aromatic N) is 2. The SMILES string of the molecule is CN(C)C(CNC(=O)c1ccc(S(=O)(=O)N2CCCCCC2)cc1)c1cccc(F)c1. The highest BCUT2D eigenvalue weighted by molar-refractivity contribution is 7.89. The van der Waals surface area contributed by atoms with E-state index in [1.807, 2.05) is 25.1 Å². The van der Waals surface area contributed by atoms with Crippen molar-refractivity contribution in [2.24, 2.45) is 0 Å². The van der Waals surface area contributed by atoms with Crippen molar-refractivity contribution in [3.8, 4) is 0 Å². The predicted molar refractivity (Wildman–Crippen MR) is 119 cm³/mol. The molecule has 0 radical (unpaired) electrons. The quantitative estimate of drug-likeness (QED) is 0.706. The molecule has 8 heteroatoms. The van der Waals surface area contributed by atoms with Gasteiger partial charge in [-0.2, -0.15) is 4.31 Å². The molecule has 1 unspecified atom stereocenters. The minimum atomic E-state index is -3.55. The van der Waals surface area contributed by atoms with E-state index in [2.05, 4.69) is 5.32 Å². The van der Waals surface area contributed by atoms with Crippen LogP contribution in [0.5, 0.6) is 0 Å². The summed E-state index contributed by atoms with van der Waals surface area (Å²) >= 11 is 0. The third kappa shape index (κ3) is 5.90. The molecule has 1 aliphatic heterocycles. The predicted octanol–water partition coefficient (Wildman–Crippen LogP) is 3.42. The molecular weight excluding hydrogens is 417 g/mol. The topological polar surface area (TPSA) is 69.7 Å². The highest BCUT2D eigenvalue weighted by Crippen LogP contribution is 2.21. The van der Waals surface area contributed by atoms with Crippen LogP contribution >= 0.6 is 0 Å². The zero-order chi connectivity index (χ0) is 22.4. The van der Waals surface area contributed by atoms with Crippen molar-refractivity contribution in [1.29, 1.82) is 0 Å². The number of carbonyl (C=O) groups excluding carboxylic acids is 1. The van der Waals surface area contributed by atoms with Gasteiger partial charge in [0.1, 0.15) is 5.82 Å². The van der Waals surface area contributed by atoms with E-state index in [9.17, 15) is 17.6 Å². The Kier molecular flexibility index (Phi) is 7.80. The van der Waals surface area contributed by atoms with Crippen molar-refractivity contribution in [2.75, 3.05) is 33.7 Å². The second-order valence-electron chi connectivity index (χ2n) is 8.09. The number of nitrogens with one attached hydrogen (secondary N) is 1. The molecule has 1 aliphatic rings. The van der Waals surface area contributed by atoms with Crippen molar-refractivity contribution in [1.82, 2.24) is 14.5 Å². The van der Waals surface area contributed by atoms with Gasteiger partial charge in [-0.1, -0.05) is 25.0 Å². The summed E-state index contributed by atoms with van der Waals surface area (Å²) in [6.45, 7) is 1.37. The number of halogens is 1. The molecular formula is C23H30FN3O3S. The molecule has 1 amide bonds. The minimum Gasteiger partial charge on any atom is -0.350 e. The van der Waals surface area contributed by atoms with Gasteiger partial charge >= 0.3 is 0 Å². The molecule has 1 heterocycles. The molecule has 2 aromatic carbocycles. The summed E-state index contributed by atoms with van der Waals surface area (Å²) in [5, 5.41) is 2.87. The summed E-state index contributed by atoms with van der Waals surface area (Å²) in [6.07, 6.45) is 3.85. The first kappa shape index (κ1) is 23.4. The standard InChI is InChI=1S/C23H30FN3O3S/c1-26(2)22(19-8-7-9-20(24)16-19)17-25-23(28)18-10-12-21(13-11-18)31(29,30)27-14-5-3-4-6-15-27/h7-13,16,22H,3-6,14-15,17H2,1-2H3,(H,25,28). The fourth-order valence-corrected chi connectivity index (χ4v) is 5.33. The average Bonchev–Trinajstić information content (AvgIpc) is 3.04. The highest BCUT2D eigenvalue weighted by atomic mass is 32.2. The smallest absolute Gasteiger partial charge is 0.251 e. The third-order valence-corrected chi connectivity index (χ3v) is 7.54. The maximum Gasteiger partial charge on any atom is 0.251 e. The number of hydrogen-bond acceptors (Lipinski definition) is 4. The molecule has 1 saturated heterocycles. The zero-order valence-electron chi connectivity index (χ0n) is 18.1. The van der Waals surface area contributed by atoms with Crippen LogP contribution in [-0.2, 0) is 10.0 Å². The van der Waals surface area contributed by atoms with E-state index >= 15 is 0 Å². The molecule has 1 atom stereocenters. The van der Waals surface area contributed by atoms with Gasteiger partial charge in [0, 0.05) is 25.2 Å². The zero-order valence-corrected chi connectivity index (χ0v) is 18.9. The molecule has 0 aliphatic carbocycles. The summed E-state index contributed by atoms with van der Waals surface area (Å²) < 4.78 is 40.9. The Morgan fingerprint density at radius 1 is 1.06 bits per heavy atom. The largest absolute Gasteiger partial charge is 0.350 e. The van der Waals surface area contributed by atoms with Crippen molar-refractivity contribution in [3.05, 3.63) is 65.5 Å².